The van der Waals surface area contributed by atoms with E-state index in [0.29, 0.717) is 23.9 Å². The van der Waals surface area contributed by atoms with E-state index in [1.807, 2.05) is 28.5 Å². The molecule has 0 saturated carbocycles. The summed E-state index contributed by atoms with van der Waals surface area (Å²) >= 11 is 12.8. The van der Waals surface area contributed by atoms with Crippen molar-refractivity contribution in [3.8, 4) is 0 Å². The normalized spacial score (nSPS) is 11.4. The van der Waals surface area contributed by atoms with E-state index in [9.17, 15) is 13.2 Å². The molecule has 0 unspecified atom stereocenters. The van der Waals surface area contributed by atoms with Gasteiger partial charge in [-0.05, 0) is 54.0 Å². The van der Waals surface area contributed by atoms with Gasteiger partial charge in [-0.3, -0.25) is 0 Å². The quantitative estimate of drug-likeness (QED) is 0.473. The minimum atomic E-state index is -4.50. The van der Waals surface area contributed by atoms with E-state index in [1.54, 1.807) is 23.7 Å². The van der Waals surface area contributed by atoms with Crippen molar-refractivity contribution in [2.45, 2.75) is 19.3 Å². The number of anilines is 1. The molecular weight excluding hydrogens is 417 g/mol. The van der Waals surface area contributed by atoms with Gasteiger partial charge in [-0.1, -0.05) is 17.7 Å². The molecular formula is C18H14ClF3N2OS2. The van der Waals surface area contributed by atoms with Crippen LogP contribution in [0.25, 0.3) is 0 Å². The molecule has 0 aliphatic carbocycles. The second-order valence-electron chi connectivity index (χ2n) is 5.64. The molecule has 0 bridgehead atoms. The fourth-order valence-corrected chi connectivity index (χ4v) is 3.66. The molecule has 0 fully saturated rings. The molecule has 27 heavy (non-hydrogen) atoms. The van der Waals surface area contributed by atoms with Gasteiger partial charge in [-0.15, -0.1) is 11.3 Å². The van der Waals surface area contributed by atoms with Crippen molar-refractivity contribution in [2.75, 3.05) is 5.32 Å². The van der Waals surface area contributed by atoms with Crippen molar-refractivity contribution >= 4 is 46.0 Å². The third-order valence-corrected chi connectivity index (χ3v) is 5.20. The number of nitrogens with zero attached hydrogens (tertiary/aromatic N) is 1. The predicted molar refractivity (Wildman–Crippen MR) is 105 cm³/mol. The van der Waals surface area contributed by atoms with E-state index in [2.05, 4.69) is 5.32 Å². The number of halogens is 4. The molecule has 0 radical (unpaired) electrons. The fraction of sp³-hybridized carbons (Fsp3) is 0.167. The van der Waals surface area contributed by atoms with Crippen molar-refractivity contribution in [1.29, 1.82) is 0 Å². The average molecular weight is 431 g/mol. The summed E-state index contributed by atoms with van der Waals surface area (Å²) in [5.41, 5.74) is -0.500. The van der Waals surface area contributed by atoms with Crippen LogP contribution in [0.3, 0.4) is 0 Å². The van der Waals surface area contributed by atoms with Crippen LogP contribution in [0.4, 0.5) is 18.9 Å². The van der Waals surface area contributed by atoms with E-state index in [1.165, 1.54) is 12.1 Å². The first-order valence-electron chi connectivity index (χ1n) is 7.80. The Bertz CT molecular complexity index is 860. The van der Waals surface area contributed by atoms with Crippen LogP contribution in [0.15, 0.2) is 58.5 Å². The van der Waals surface area contributed by atoms with Crippen LogP contribution >= 0.6 is 35.2 Å². The van der Waals surface area contributed by atoms with Crippen LogP contribution in [0.5, 0.6) is 0 Å². The Morgan fingerprint density at radius 3 is 2.59 bits per heavy atom. The Morgan fingerprint density at radius 2 is 2.00 bits per heavy atom. The van der Waals surface area contributed by atoms with Gasteiger partial charge < -0.3 is 14.6 Å². The van der Waals surface area contributed by atoms with Crippen LogP contribution < -0.4 is 5.32 Å². The van der Waals surface area contributed by atoms with E-state index in [4.69, 9.17) is 28.2 Å². The van der Waals surface area contributed by atoms with Gasteiger partial charge in [0.1, 0.15) is 5.76 Å². The van der Waals surface area contributed by atoms with Gasteiger partial charge in [0, 0.05) is 10.6 Å². The van der Waals surface area contributed by atoms with Gasteiger partial charge in [-0.2, -0.15) is 13.2 Å². The average Bonchev–Trinajstić information content (AvgIpc) is 3.27. The Balaban J connectivity index is 1.76. The molecule has 0 saturated heterocycles. The Labute approximate surface area is 168 Å². The molecule has 3 nitrogen and oxygen atoms in total. The molecule has 0 aliphatic heterocycles. The first-order chi connectivity index (χ1) is 12.8. The van der Waals surface area contributed by atoms with Gasteiger partial charge in [0.15, 0.2) is 5.11 Å². The highest BCUT2D eigenvalue weighted by Gasteiger charge is 2.33. The zero-order valence-corrected chi connectivity index (χ0v) is 16.2. The number of benzene rings is 1. The van der Waals surface area contributed by atoms with Gasteiger partial charge in [0.25, 0.3) is 0 Å². The van der Waals surface area contributed by atoms with Gasteiger partial charge in [0.05, 0.1) is 29.9 Å². The Morgan fingerprint density at radius 1 is 1.19 bits per heavy atom. The molecule has 3 rings (SSSR count). The molecule has 0 aliphatic rings. The summed E-state index contributed by atoms with van der Waals surface area (Å²) in [5.74, 6) is 0.723. The van der Waals surface area contributed by atoms with Crippen molar-refractivity contribution in [3.63, 3.8) is 0 Å². The zero-order chi connectivity index (χ0) is 19.4. The van der Waals surface area contributed by atoms with Crippen molar-refractivity contribution in [1.82, 2.24) is 4.90 Å². The molecule has 0 amide bonds. The predicted octanol–water partition coefficient (Wildman–Crippen LogP) is 6.41. The lowest BCUT2D eigenvalue weighted by Crippen LogP contribution is -2.33. The highest BCUT2D eigenvalue weighted by atomic mass is 35.5. The number of rotatable bonds is 5. The van der Waals surface area contributed by atoms with Gasteiger partial charge >= 0.3 is 6.18 Å². The second-order valence-corrected chi connectivity index (χ2v) is 7.46. The summed E-state index contributed by atoms with van der Waals surface area (Å²) in [6.45, 7) is 0.962. The zero-order valence-electron chi connectivity index (χ0n) is 13.8. The monoisotopic (exact) mass is 430 g/mol. The molecule has 1 aromatic carbocycles. The summed E-state index contributed by atoms with van der Waals surface area (Å²) < 4.78 is 43.9. The van der Waals surface area contributed by atoms with E-state index < -0.39 is 11.7 Å². The number of hydrogen-bond acceptors (Lipinski definition) is 3. The van der Waals surface area contributed by atoms with Crippen LogP contribution in [0, 0.1) is 0 Å². The summed E-state index contributed by atoms with van der Waals surface area (Å²) in [6, 6.07) is 11.0. The third kappa shape index (κ3) is 5.24. The lowest BCUT2D eigenvalue weighted by atomic mass is 10.2. The number of nitrogens with one attached hydrogen (secondary N) is 1. The number of hydrogen-bond donors (Lipinski definition) is 1. The maximum atomic E-state index is 12.8. The van der Waals surface area contributed by atoms with E-state index in [0.717, 1.165) is 16.7 Å². The Kier molecular flexibility index (Phi) is 6.08. The summed E-state index contributed by atoms with van der Waals surface area (Å²) in [7, 11) is 0. The molecule has 142 valence electrons. The number of alkyl halides is 3. The van der Waals surface area contributed by atoms with Crippen LogP contribution in [-0.2, 0) is 19.3 Å². The molecule has 9 heteroatoms. The summed E-state index contributed by atoms with van der Waals surface area (Å²) in [5, 5.41) is 4.89. The second kappa shape index (κ2) is 8.33. The molecule has 0 spiro atoms. The first-order valence-corrected chi connectivity index (χ1v) is 9.47. The summed E-state index contributed by atoms with van der Waals surface area (Å²) in [6.07, 6.45) is -2.93. The Hall–Kier alpha value is -2.03. The van der Waals surface area contributed by atoms with E-state index >= 15 is 0 Å². The molecule has 0 atom stereocenters. The molecule has 2 aromatic heterocycles. The third-order valence-electron chi connectivity index (χ3n) is 3.67. The highest BCUT2D eigenvalue weighted by molar-refractivity contribution is 7.80. The highest BCUT2D eigenvalue weighted by Crippen LogP contribution is 2.35. The van der Waals surface area contributed by atoms with Crippen molar-refractivity contribution in [3.05, 3.63) is 75.3 Å². The maximum absolute atomic E-state index is 12.8. The number of thiophene rings is 1. The smallest absolute Gasteiger partial charge is 0.417 e. The number of furan rings is 1. The first kappa shape index (κ1) is 19.7. The van der Waals surface area contributed by atoms with Crippen LogP contribution in [0.2, 0.25) is 5.02 Å². The lowest BCUT2D eigenvalue weighted by Gasteiger charge is -2.25. The topological polar surface area (TPSA) is 28.4 Å². The lowest BCUT2D eigenvalue weighted by molar-refractivity contribution is -0.137. The fourth-order valence-electron chi connectivity index (χ4n) is 2.41. The molecule has 3 aromatic rings. The van der Waals surface area contributed by atoms with Gasteiger partial charge in [0.2, 0.25) is 0 Å². The maximum Gasteiger partial charge on any atom is 0.417 e. The molecule has 2 heterocycles. The van der Waals surface area contributed by atoms with E-state index in [-0.39, 0.29) is 5.02 Å². The van der Waals surface area contributed by atoms with Crippen LogP contribution in [0.1, 0.15) is 16.2 Å². The van der Waals surface area contributed by atoms with Crippen molar-refractivity contribution < 1.29 is 17.6 Å². The largest absolute Gasteiger partial charge is 0.467 e. The van der Waals surface area contributed by atoms with Gasteiger partial charge in [-0.25, -0.2) is 0 Å². The molecule has 1 N–H and O–H groups in total. The SMILES string of the molecule is FC(F)(F)c1ccc(NC(=S)N(Cc2ccco2)Cc2cccs2)cc1Cl. The minimum absolute atomic E-state index is 0.357. The number of thiocarbonyl (C=S) groups is 1. The summed E-state index contributed by atoms with van der Waals surface area (Å²) in [4.78, 5) is 2.96. The van der Waals surface area contributed by atoms with Crippen LogP contribution in [-0.4, -0.2) is 10.0 Å². The minimum Gasteiger partial charge on any atom is -0.467 e. The standard InChI is InChI=1S/C18H14ClF3N2OS2/c19-16-9-12(5-6-15(16)18(20,21)22)23-17(26)24(10-13-3-1-7-25-13)11-14-4-2-8-27-14/h1-9H,10-11H2,(H,23,26). The van der Waals surface area contributed by atoms with Crippen molar-refractivity contribution in [2.24, 2.45) is 0 Å².